The van der Waals surface area contributed by atoms with Crippen molar-refractivity contribution in [1.29, 1.82) is 0 Å². The summed E-state index contributed by atoms with van der Waals surface area (Å²) in [4.78, 5) is 14.3. The molecule has 1 amide bonds. The van der Waals surface area contributed by atoms with Crippen LogP contribution in [0.1, 0.15) is 57.9 Å². The van der Waals surface area contributed by atoms with E-state index in [0.717, 1.165) is 56.2 Å². The molecule has 0 atom stereocenters. The number of aryl methyl sites for hydroxylation is 1. The van der Waals surface area contributed by atoms with Gasteiger partial charge < -0.3 is 4.90 Å². The third-order valence-electron chi connectivity index (χ3n) is 5.22. The van der Waals surface area contributed by atoms with Gasteiger partial charge in [0.15, 0.2) is 0 Å². The molecule has 1 aliphatic heterocycles. The SMILES string of the molecule is CC(C)C(=O)N1CCCc2ccc(NS(=O)(=O)C3CCCCC3)cc21. The number of carbonyl (C=O) groups excluding carboxylic acids is 1. The van der Waals surface area contributed by atoms with Crippen molar-refractivity contribution in [1.82, 2.24) is 0 Å². The van der Waals surface area contributed by atoms with Crippen LogP contribution in [0, 0.1) is 5.92 Å². The average molecular weight is 365 g/mol. The summed E-state index contributed by atoms with van der Waals surface area (Å²) in [6, 6.07) is 5.60. The van der Waals surface area contributed by atoms with Crippen molar-refractivity contribution in [2.24, 2.45) is 5.92 Å². The molecule has 0 bridgehead atoms. The molecule has 0 radical (unpaired) electrons. The van der Waals surface area contributed by atoms with Gasteiger partial charge in [0.25, 0.3) is 0 Å². The van der Waals surface area contributed by atoms with Crippen LogP contribution in [0.3, 0.4) is 0 Å². The van der Waals surface area contributed by atoms with Gasteiger partial charge in [0, 0.05) is 18.2 Å². The lowest BCUT2D eigenvalue weighted by molar-refractivity contribution is -0.121. The highest BCUT2D eigenvalue weighted by atomic mass is 32.2. The van der Waals surface area contributed by atoms with Gasteiger partial charge in [-0.15, -0.1) is 0 Å². The fourth-order valence-corrected chi connectivity index (χ4v) is 5.38. The van der Waals surface area contributed by atoms with Gasteiger partial charge in [-0.05, 0) is 43.4 Å². The van der Waals surface area contributed by atoms with E-state index in [1.165, 1.54) is 0 Å². The molecule has 25 heavy (non-hydrogen) atoms. The van der Waals surface area contributed by atoms with E-state index < -0.39 is 10.0 Å². The molecule has 2 aliphatic rings. The van der Waals surface area contributed by atoms with Crippen LogP contribution in [0.5, 0.6) is 0 Å². The largest absolute Gasteiger partial charge is 0.312 e. The van der Waals surface area contributed by atoms with Gasteiger partial charge in [-0.3, -0.25) is 9.52 Å². The van der Waals surface area contributed by atoms with Crippen LogP contribution in [0.4, 0.5) is 11.4 Å². The van der Waals surface area contributed by atoms with Gasteiger partial charge in [-0.25, -0.2) is 8.42 Å². The minimum atomic E-state index is -3.37. The Bertz CT molecular complexity index is 737. The maximum absolute atomic E-state index is 12.7. The molecule has 0 spiro atoms. The van der Waals surface area contributed by atoms with Gasteiger partial charge in [-0.1, -0.05) is 39.2 Å². The average Bonchev–Trinajstić information content (AvgIpc) is 2.61. The van der Waals surface area contributed by atoms with E-state index >= 15 is 0 Å². The molecule has 1 aromatic rings. The van der Waals surface area contributed by atoms with Crippen LogP contribution >= 0.6 is 0 Å². The number of sulfonamides is 1. The standard InChI is InChI=1S/C19H28N2O3S/c1-14(2)19(22)21-12-6-7-15-10-11-16(13-18(15)21)20-25(23,24)17-8-4-3-5-9-17/h10-11,13-14,17,20H,3-9,12H2,1-2H3. The molecular weight excluding hydrogens is 336 g/mol. The van der Waals surface area contributed by atoms with Crippen LogP contribution in [-0.4, -0.2) is 26.1 Å². The highest BCUT2D eigenvalue weighted by Gasteiger charge is 2.28. The summed E-state index contributed by atoms with van der Waals surface area (Å²) in [6.07, 6.45) is 6.41. The molecule has 5 nitrogen and oxygen atoms in total. The number of rotatable bonds is 4. The van der Waals surface area contributed by atoms with Crippen LogP contribution in [0.25, 0.3) is 0 Å². The quantitative estimate of drug-likeness (QED) is 0.886. The van der Waals surface area contributed by atoms with Crippen LogP contribution in [0.15, 0.2) is 18.2 Å². The van der Waals surface area contributed by atoms with E-state index in [-0.39, 0.29) is 17.1 Å². The molecule has 3 rings (SSSR count). The summed E-state index contributed by atoms with van der Waals surface area (Å²) in [5, 5.41) is -0.300. The summed E-state index contributed by atoms with van der Waals surface area (Å²) < 4.78 is 28.1. The Labute approximate surface area is 150 Å². The highest BCUT2D eigenvalue weighted by molar-refractivity contribution is 7.93. The van der Waals surface area contributed by atoms with Crippen LogP contribution in [-0.2, 0) is 21.2 Å². The lowest BCUT2D eigenvalue weighted by Gasteiger charge is -2.31. The molecule has 1 fully saturated rings. The number of nitrogens with one attached hydrogen (secondary N) is 1. The van der Waals surface area contributed by atoms with Crippen molar-refractivity contribution in [3.05, 3.63) is 23.8 Å². The van der Waals surface area contributed by atoms with Gasteiger partial charge in [0.05, 0.1) is 10.9 Å². The first kappa shape index (κ1) is 18.2. The van der Waals surface area contributed by atoms with Crippen molar-refractivity contribution in [2.75, 3.05) is 16.2 Å². The number of amides is 1. The first-order valence-electron chi connectivity index (χ1n) is 9.34. The summed E-state index contributed by atoms with van der Waals surface area (Å²) in [7, 11) is -3.37. The molecule has 1 saturated carbocycles. The lowest BCUT2D eigenvalue weighted by atomic mass is 9.99. The minimum absolute atomic E-state index is 0.0754. The third-order valence-corrected chi connectivity index (χ3v) is 7.08. The summed E-state index contributed by atoms with van der Waals surface area (Å²) >= 11 is 0. The second kappa shape index (κ2) is 7.36. The zero-order chi connectivity index (χ0) is 18.0. The summed E-state index contributed by atoms with van der Waals surface area (Å²) in [6.45, 7) is 4.49. The number of anilines is 2. The van der Waals surface area contributed by atoms with E-state index in [0.29, 0.717) is 12.2 Å². The van der Waals surface area contributed by atoms with Crippen molar-refractivity contribution in [3.8, 4) is 0 Å². The second-order valence-corrected chi connectivity index (χ2v) is 9.46. The molecule has 1 aromatic carbocycles. The Morgan fingerprint density at radius 2 is 1.88 bits per heavy atom. The fraction of sp³-hybridized carbons (Fsp3) is 0.632. The van der Waals surface area contributed by atoms with Gasteiger partial charge >= 0.3 is 0 Å². The molecule has 0 aromatic heterocycles. The fourth-order valence-electron chi connectivity index (χ4n) is 3.80. The van der Waals surface area contributed by atoms with E-state index in [9.17, 15) is 13.2 Å². The molecule has 0 saturated heterocycles. The van der Waals surface area contributed by atoms with Crippen molar-refractivity contribution >= 4 is 27.3 Å². The van der Waals surface area contributed by atoms with E-state index in [2.05, 4.69) is 4.72 Å². The van der Waals surface area contributed by atoms with Gasteiger partial charge in [-0.2, -0.15) is 0 Å². The summed E-state index contributed by atoms with van der Waals surface area (Å²) in [5.41, 5.74) is 2.53. The molecule has 1 heterocycles. The Morgan fingerprint density at radius 1 is 1.16 bits per heavy atom. The van der Waals surface area contributed by atoms with Crippen molar-refractivity contribution in [2.45, 2.75) is 64.0 Å². The molecule has 0 unspecified atom stereocenters. The molecule has 1 N–H and O–H groups in total. The van der Waals surface area contributed by atoms with Crippen molar-refractivity contribution < 1.29 is 13.2 Å². The molecule has 1 aliphatic carbocycles. The number of fused-ring (bicyclic) bond motifs is 1. The molecule has 138 valence electrons. The number of benzene rings is 1. The first-order chi connectivity index (χ1) is 11.9. The zero-order valence-corrected chi connectivity index (χ0v) is 15.9. The lowest BCUT2D eigenvalue weighted by Crippen LogP contribution is -2.38. The predicted octanol–water partition coefficient (Wildman–Crippen LogP) is 3.70. The van der Waals surface area contributed by atoms with Crippen LogP contribution in [0.2, 0.25) is 0 Å². The van der Waals surface area contributed by atoms with Gasteiger partial charge in [0.2, 0.25) is 15.9 Å². The number of hydrogen-bond donors (Lipinski definition) is 1. The number of carbonyl (C=O) groups is 1. The van der Waals surface area contributed by atoms with Gasteiger partial charge in [0.1, 0.15) is 0 Å². The van der Waals surface area contributed by atoms with Crippen LogP contribution < -0.4 is 9.62 Å². The molecule has 6 heteroatoms. The normalized spacial score (nSPS) is 18.9. The molecular formula is C19H28N2O3S. The Balaban J connectivity index is 1.84. The topological polar surface area (TPSA) is 66.5 Å². The Morgan fingerprint density at radius 3 is 2.56 bits per heavy atom. The second-order valence-electron chi connectivity index (χ2n) is 7.50. The van der Waals surface area contributed by atoms with E-state index in [1.807, 2.05) is 36.9 Å². The monoisotopic (exact) mass is 364 g/mol. The number of nitrogens with zero attached hydrogens (tertiary/aromatic N) is 1. The Kier molecular flexibility index (Phi) is 5.37. The maximum atomic E-state index is 12.7. The zero-order valence-electron chi connectivity index (χ0n) is 15.1. The predicted molar refractivity (Wildman–Crippen MR) is 101 cm³/mol. The third kappa shape index (κ3) is 4.00. The smallest absolute Gasteiger partial charge is 0.235 e. The first-order valence-corrected chi connectivity index (χ1v) is 10.9. The summed E-state index contributed by atoms with van der Waals surface area (Å²) in [5.74, 6) is 0.0155. The number of hydrogen-bond acceptors (Lipinski definition) is 3. The van der Waals surface area contributed by atoms with Crippen molar-refractivity contribution in [3.63, 3.8) is 0 Å². The highest BCUT2D eigenvalue weighted by Crippen LogP contribution is 2.32. The minimum Gasteiger partial charge on any atom is -0.312 e. The maximum Gasteiger partial charge on any atom is 0.235 e. The Hall–Kier alpha value is -1.56. The van der Waals surface area contributed by atoms with E-state index in [4.69, 9.17) is 0 Å². The van der Waals surface area contributed by atoms with E-state index in [1.54, 1.807) is 0 Å².